The van der Waals surface area contributed by atoms with Crippen LogP contribution in [0.1, 0.15) is 30.7 Å². The number of halogens is 1. The minimum atomic E-state index is -0.199. The van der Waals surface area contributed by atoms with Crippen LogP contribution in [0.4, 0.5) is 10.1 Å². The van der Waals surface area contributed by atoms with Gasteiger partial charge in [-0.2, -0.15) is 0 Å². The maximum absolute atomic E-state index is 13.2. The highest BCUT2D eigenvalue weighted by atomic mass is 32.1. The Bertz CT molecular complexity index is 752. The van der Waals surface area contributed by atoms with Crippen LogP contribution < -0.4 is 10.2 Å². The SMILES string of the molecule is CC(NC(=O)C1CC1)C(c1cccs1)N1CCN(c2ccc(F)cc2)CC1. The molecule has 0 bridgehead atoms. The molecule has 1 saturated carbocycles. The van der Waals surface area contributed by atoms with Gasteiger partial charge in [0.2, 0.25) is 5.91 Å². The van der Waals surface area contributed by atoms with Crippen molar-refractivity contribution in [3.05, 3.63) is 52.5 Å². The van der Waals surface area contributed by atoms with Gasteiger partial charge >= 0.3 is 0 Å². The number of rotatable bonds is 6. The third-order valence-electron chi connectivity index (χ3n) is 5.53. The van der Waals surface area contributed by atoms with Crippen molar-refractivity contribution < 1.29 is 9.18 Å². The predicted molar refractivity (Wildman–Crippen MR) is 108 cm³/mol. The highest BCUT2D eigenvalue weighted by Gasteiger charge is 2.35. The third kappa shape index (κ3) is 4.33. The normalized spacial score (nSPS) is 20.3. The molecule has 1 N–H and O–H groups in total. The molecule has 4 nitrogen and oxygen atoms in total. The van der Waals surface area contributed by atoms with Crippen molar-refractivity contribution in [2.24, 2.45) is 5.92 Å². The topological polar surface area (TPSA) is 35.6 Å². The van der Waals surface area contributed by atoms with E-state index >= 15 is 0 Å². The maximum Gasteiger partial charge on any atom is 0.223 e. The summed E-state index contributed by atoms with van der Waals surface area (Å²) in [6, 6.07) is 11.3. The number of hydrogen-bond donors (Lipinski definition) is 1. The van der Waals surface area contributed by atoms with Crippen LogP contribution in [0.2, 0.25) is 0 Å². The lowest BCUT2D eigenvalue weighted by Gasteiger charge is -2.42. The van der Waals surface area contributed by atoms with E-state index in [1.807, 2.05) is 12.1 Å². The lowest BCUT2D eigenvalue weighted by Crippen LogP contribution is -2.52. The second kappa shape index (κ2) is 7.98. The van der Waals surface area contributed by atoms with Gasteiger partial charge in [0.05, 0.1) is 6.04 Å². The fourth-order valence-electron chi connectivity index (χ4n) is 3.88. The first-order valence-corrected chi connectivity index (χ1v) is 10.6. The number of carbonyl (C=O) groups is 1. The smallest absolute Gasteiger partial charge is 0.223 e. The number of anilines is 1. The molecule has 144 valence electrons. The molecule has 27 heavy (non-hydrogen) atoms. The summed E-state index contributed by atoms with van der Waals surface area (Å²) < 4.78 is 13.2. The summed E-state index contributed by atoms with van der Waals surface area (Å²) in [6.07, 6.45) is 2.05. The molecule has 1 amide bonds. The first-order chi connectivity index (χ1) is 13.1. The quantitative estimate of drug-likeness (QED) is 0.822. The van der Waals surface area contributed by atoms with Crippen molar-refractivity contribution >= 4 is 22.9 Å². The van der Waals surface area contributed by atoms with E-state index in [1.165, 1.54) is 17.0 Å². The molecule has 1 aliphatic heterocycles. The molecule has 2 atom stereocenters. The molecular weight excluding hydrogens is 361 g/mol. The fraction of sp³-hybridized carbons (Fsp3) is 0.476. The zero-order valence-corrected chi connectivity index (χ0v) is 16.4. The van der Waals surface area contributed by atoms with E-state index in [1.54, 1.807) is 11.3 Å². The van der Waals surface area contributed by atoms with Crippen LogP contribution in [0.25, 0.3) is 0 Å². The van der Waals surface area contributed by atoms with Crippen LogP contribution in [0.5, 0.6) is 0 Å². The van der Waals surface area contributed by atoms with Crippen molar-refractivity contribution in [3.8, 4) is 0 Å². The minimum Gasteiger partial charge on any atom is -0.369 e. The summed E-state index contributed by atoms with van der Waals surface area (Å²) >= 11 is 1.75. The molecule has 2 fully saturated rings. The summed E-state index contributed by atoms with van der Waals surface area (Å²) in [6.45, 7) is 5.76. The van der Waals surface area contributed by atoms with Gasteiger partial charge in [-0.1, -0.05) is 6.07 Å². The highest BCUT2D eigenvalue weighted by Crippen LogP contribution is 2.32. The number of amides is 1. The number of hydrogen-bond acceptors (Lipinski definition) is 4. The zero-order valence-electron chi connectivity index (χ0n) is 15.6. The molecule has 1 aromatic carbocycles. The Hall–Kier alpha value is -1.92. The molecule has 2 aromatic rings. The van der Waals surface area contributed by atoms with Crippen LogP contribution in [-0.2, 0) is 4.79 Å². The van der Waals surface area contributed by atoms with Gasteiger partial charge in [-0.25, -0.2) is 4.39 Å². The van der Waals surface area contributed by atoms with Crippen LogP contribution in [0, 0.1) is 11.7 Å². The average Bonchev–Trinajstić information content (AvgIpc) is 3.40. The molecule has 0 spiro atoms. The van der Waals surface area contributed by atoms with Gasteiger partial charge in [-0.05, 0) is 55.5 Å². The predicted octanol–water partition coefficient (Wildman–Crippen LogP) is 3.67. The number of nitrogens with zero attached hydrogens (tertiary/aromatic N) is 2. The fourth-order valence-corrected chi connectivity index (χ4v) is 4.84. The van der Waals surface area contributed by atoms with Gasteiger partial charge < -0.3 is 10.2 Å². The van der Waals surface area contributed by atoms with Crippen molar-refractivity contribution in [2.45, 2.75) is 31.8 Å². The second-order valence-electron chi connectivity index (χ2n) is 7.53. The second-order valence-corrected chi connectivity index (χ2v) is 8.51. The first kappa shape index (κ1) is 18.4. The molecule has 6 heteroatoms. The summed E-state index contributed by atoms with van der Waals surface area (Å²) in [5.41, 5.74) is 1.07. The molecule has 4 rings (SSSR count). The molecule has 2 aliphatic rings. The molecule has 2 heterocycles. The van der Waals surface area contributed by atoms with Gasteiger partial charge in [0.25, 0.3) is 0 Å². The Labute approximate surface area is 164 Å². The molecule has 1 aromatic heterocycles. The largest absolute Gasteiger partial charge is 0.369 e. The van der Waals surface area contributed by atoms with E-state index in [0.29, 0.717) is 0 Å². The Morgan fingerprint density at radius 3 is 2.44 bits per heavy atom. The molecular formula is C21H26FN3OS. The van der Waals surface area contributed by atoms with Crippen molar-refractivity contribution in [1.29, 1.82) is 0 Å². The zero-order chi connectivity index (χ0) is 18.8. The number of carbonyl (C=O) groups excluding carboxylic acids is 1. The van der Waals surface area contributed by atoms with Gasteiger partial charge in [-0.3, -0.25) is 9.69 Å². The Balaban J connectivity index is 1.43. The van der Waals surface area contributed by atoms with E-state index < -0.39 is 0 Å². The lowest BCUT2D eigenvalue weighted by atomic mass is 10.0. The number of nitrogens with one attached hydrogen (secondary N) is 1. The maximum atomic E-state index is 13.2. The molecule has 1 aliphatic carbocycles. The lowest BCUT2D eigenvalue weighted by molar-refractivity contribution is -0.123. The number of thiophene rings is 1. The van der Waals surface area contributed by atoms with Crippen LogP contribution in [0.15, 0.2) is 41.8 Å². The van der Waals surface area contributed by atoms with Gasteiger partial charge in [0.1, 0.15) is 5.82 Å². The summed E-state index contributed by atoms with van der Waals surface area (Å²) in [7, 11) is 0. The van der Waals surface area contributed by atoms with Crippen LogP contribution >= 0.6 is 11.3 Å². The highest BCUT2D eigenvalue weighted by molar-refractivity contribution is 7.10. The first-order valence-electron chi connectivity index (χ1n) is 9.70. The van der Waals surface area contributed by atoms with E-state index in [0.717, 1.165) is 44.7 Å². The Morgan fingerprint density at radius 1 is 1.15 bits per heavy atom. The number of piperazine rings is 1. The van der Waals surface area contributed by atoms with E-state index in [2.05, 4.69) is 39.6 Å². The van der Waals surface area contributed by atoms with E-state index in [4.69, 9.17) is 0 Å². The Morgan fingerprint density at radius 2 is 1.85 bits per heavy atom. The summed E-state index contributed by atoms with van der Waals surface area (Å²) in [5, 5.41) is 5.35. The monoisotopic (exact) mass is 387 g/mol. The molecule has 2 unspecified atom stereocenters. The summed E-state index contributed by atoms with van der Waals surface area (Å²) in [5.74, 6) is 0.233. The van der Waals surface area contributed by atoms with Crippen LogP contribution in [-0.4, -0.2) is 43.0 Å². The van der Waals surface area contributed by atoms with Crippen LogP contribution in [0.3, 0.4) is 0 Å². The van der Waals surface area contributed by atoms with Crippen molar-refractivity contribution in [1.82, 2.24) is 10.2 Å². The van der Waals surface area contributed by atoms with Gasteiger partial charge in [-0.15, -0.1) is 11.3 Å². The van der Waals surface area contributed by atoms with E-state index in [-0.39, 0.29) is 29.7 Å². The summed E-state index contributed by atoms with van der Waals surface area (Å²) in [4.78, 5) is 18.3. The molecule has 0 radical (unpaired) electrons. The standard InChI is InChI=1S/C21H26FN3OS/c1-15(23-21(26)16-4-5-16)20(19-3-2-14-27-19)25-12-10-24(11-13-25)18-8-6-17(22)7-9-18/h2-3,6-9,14-16,20H,4-5,10-13H2,1H3,(H,23,26). The van der Waals surface area contributed by atoms with Crippen molar-refractivity contribution in [2.75, 3.05) is 31.1 Å². The van der Waals surface area contributed by atoms with Crippen molar-refractivity contribution in [3.63, 3.8) is 0 Å². The van der Waals surface area contributed by atoms with E-state index in [9.17, 15) is 9.18 Å². The number of benzene rings is 1. The Kier molecular flexibility index (Phi) is 5.45. The van der Waals surface area contributed by atoms with Gasteiger partial charge in [0, 0.05) is 48.7 Å². The van der Waals surface area contributed by atoms with Gasteiger partial charge in [0.15, 0.2) is 0 Å². The third-order valence-corrected chi connectivity index (χ3v) is 6.47. The minimum absolute atomic E-state index is 0.0779. The average molecular weight is 388 g/mol. The molecule has 1 saturated heterocycles.